The van der Waals surface area contributed by atoms with Crippen LogP contribution in [0.2, 0.25) is 0 Å². The molecule has 1 aromatic heterocycles. The zero-order valence-electron chi connectivity index (χ0n) is 16.3. The van der Waals surface area contributed by atoms with Gasteiger partial charge in [-0.2, -0.15) is 0 Å². The lowest BCUT2D eigenvalue weighted by molar-refractivity contribution is 0.0827. The van der Waals surface area contributed by atoms with E-state index in [9.17, 15) is 9.90 Å². The van der Waals surface area contributed by atoms with Crippen molar-refractivity contribution in [3.8, 4) is 17.2 Å². The number of aliphatic imine (C=N–C) groups is 1. The maximum atomic E-state index is 12.0. The van der Waals surface area contributed by atoms with Gasteiger partial charge in [-0.15, -0.1) is 10.2 Å². The largest absolute Gasteiger partial charge is 0.508 e. The van der Waals surface area contributed by atoms with Crippen molar-refractivity contribution >= 4 is 17.3 Å². The third kappa shape index (κ3) is 4.49. The SMILES string of the molecule is CC(=N/C(=C\N)c1nnc(-c2cccc(O)c2)o1)c1ccc(C(=O)N(C)C)cc1. The van der Waals surface area contributed by atoms with Gasteiger partial charge in [0.2, 0.25) is 5.89 Å². The molecular weight excluding hydrogens is 370 g/mol. The number of nitrogens with two attached hydrogens (primary N) is 1. The number of hydrogen-bond acceptors (Lipinski definition) is 7. The van der Waals surface area contributed by atoms with E-state index >= 15 is 0 Å². The second-order valence-electron chi connectivity index (χ2n) is 6.49. The molecule has 1 heterocycles. The molecule has 0 atom stereocenters. The fourth-order valence-corrected chi connectivity index (χ4v) is 2.60. The Hall–Kier alpha value is -3.94. The highest BCUT2D eigenvalue weighted by molar-refractivity contribution is 6.02. The molecule has 0 aliphatic heterocycles. The molecule has 0 aliphatic carbocycles. The number of nitrogens with zero attached hydrogens (tertiary/aromatic N) is 4. The molecule has 0 saturated carbocycles. The van der Waals surface area contributed by atoms with Crippen molar-refractivity contribution in [1.29, 1.82) is 0 Å². The number of benzene rings is 2. The Labute approximate surface area is 168 Å². The maximum absolute atomic E-state index is 12.0. The Balaban J connectivity index is 1.84. The fraction of sp³-hybridized carbons (Fsp3) is 0.143. The first kappa shape index (κ1) is 19.8. The topological polar surface area (TPSA) is 118 Å². The van der Waals surface area contributed by atoms with Crippen LogP contribution < -0.4 is 5.73 Å². The van der Waals surface area contributed by atoms with E-state index in [1.165, 1.54) is 17.2 Å². The van der Waals surface area contributed by atoms with Crippen LogP contribution in [-0.2, 0) is 0 Å². The van der Waals surface area contributed by atoms with Crippen LogP contribution in [-0.4, -0.2) is 45.9 Å². The molecule has 0 bridgehead atoms. The summed E-state index contributed by atoms with van der Waals surface area (Å²) in [6.07, 6.45) is 1.28. The van der Waals surface area contributed by atoms with Crippen LogP contribution in [0.15, 0.2) is 64.1 Å². The van der Waals surface area contributed by atoms with E-state index in [0.717, 1.165) is 5.56 Å². The molecule has 3 N–H and O–H groups in total. The Bertz CT molecular complexity index is 1080. The van der Waals surface area contributed by atoms with Crippen LogP contribution in [0.4, 0.5) is 0 Å². The van der Waals surface area contributed by atoms with Crippen molar-refractivity contribution in [2.75, 3.05) is 14.1 Å². The maximum Gasteiger partial charge on any atom is 0.268 e. The quantitative estimate of drug-likeness (QED) is 0.646. The van der Waals surface area contributed by atoms with E-state index in [4.69, 9.17) is 10.2 Å². The van der Waals surface area contributed by atoms with E-state index in [1.807, 2.05) is 19.1 Å². The molecule has 1 amide bonds. The summed E-state index contributed by atoms with van der Waals surface area (Å²) >= 11 is 0. The molecule has 0 saturated heterocycles. The summed E-state index contributed by atoms with van der Waals surface area (Å²) in [5, 5.41) is 17.6. The summed E-state index contributed by atoms with van der Waals surface area (Å²) in [6, 6.07) is 13.6. The fourth-order valence-electron chi connectivity index (χ4n) is 2.60. The predicted octanol–water partition coefficient (Wildman–Crippen LogP) is 2.91. The summed E-state index contributed by atoms with van der Waals surface area (Å²) in [5.41, 5.74) is 8.70. The van der Waals surface area contributed by atoms with Crippen molar-refractivity contribution in [2.45, 2.75) is 6.92 Å². The van der Waals surface area contributed by atoms with E-state index in [2.05, 4.69) is 15.2 Å². The lowest BCUT2D eigenvalue weighted by Gasteiger charge is -2.10. The van der Waals surface area contributed by atoms with Crippen molar-refractivity contribution in [1.82, 2.24) is 15.1 Å². The molecule has 29 heavy (non-hydrogen) atoms. The number of phenolic OH excluding ortho intramolecular Hbond substituents is 1. The predicted molar refractivity (Wildman–Crippen MR) is 110 cm³/mol. The number of carbonyl (C=O) groups excluding carboxylic acids is 1. The second kappa shape index (κ2) is 8.39. The van der Waals surface area contributed by atoms with Crippen LogP contribution in [0.5, 0.6) is 5.75 Å². The van der Waals surface area contributed by atoms with Gasteiger partial charge in [-0.25, -0.2) is 4.99 Å². The van der Waals surface area contributed by atoms with Crippen molar-refractivity contribution in [3.05, 3.63) is 71.7 Å². The Kier molecular flexibility index (Phi) is 5.73. The van der Waals surface area contributed by atoms with Gasteiger partial charge < -0.3 is 20.2 Å². The van der Waals surface area contributed by atoms with Gasteiger partial charge in [0, 0.05) is 37.1 Å². The van der Waals surface area contributed by atoms with Crippen LogP contribution >= 0.6 is 0 Å². The number of carbonyl (C=O) groups is 1. The minimum atomic E-state index is -0.0703. The summed E-state index contributed by atoms with van der Waals surface area (Å²) in [5.74, 6) is 0.431. The van der Waals surface area contributed by atoms with Crippen LogP contribution in [0.1, 0.15) is 28.7 Å². The van der Waals surface area contributed by atoms with Crippen LogP contribution in [0.3, 0.4) is 0 Å². The zero-order valence-corrected chi connectivity index (χ0v) is 16.3. The monoisotopic (exact) mass is 391 g/mol. The minimum absolute atomic E-state index is 0.0703. The normalized spacial score (nSPS) is 12.1. The van der Waals surface area contributed by atoms with Crippen molar-refractivity contribution < 1.29 is 14.3 Å². The highest BCUT2D eigenvalue weighted by Crippen LogP contribution is 2.24. The van der Waals surface area contributed by atoms with Crippen LogP contribution in [0, 0.1) is 0 Å². The number of phenols is 1. The first-order valence-electron chi connectivity index (χ1n) is 8.81. The molecule has 8 nitrogen and oxygen atoms in total. The highest BCUT2D eigenvalue weighted by atomic mass is 16.4. The highest BCUT2D eigenvalue weighted by Gasteiger charge is 2.14. The molecule has 0 fully saturated rings. The molecule has 0 spiro atoms. The van der Waals surface area contributed by atoms with Gasteiger partial charge in [0.15, 0.2) is 0 Å². The van der Waals surface area contributed by atoms with Gasteiger partial charge in [-0.05, 0) is 42.8 Å². The first-order chi connectivity index (χ1) is 13.9. The number of rotatable bonds is 5. The van der Waals surface area contributed by atoms with Gasteiger partial charge in [-0.1, -0.05) is 18.2 Å². The first-order valence-corrected chi connectivity index (χ1v) is 8.81. The average molecular weight is 391 g/mol. The molecule has 148 valence electrons. The Morgan fingerprint density at radius 3 is 2.45 bits per heavy atom. The molecule has 3 rings (SSSR count). The number of amides is 1. The lowest BCUT2D eigenvalue weighted by Crippen LogP contribution is -2.21. The summed E-state index contributed by atoms with van der Waals surface area (Å²) in [7, 11) is 3.41. The summed E-state index contributed by atoms with van der Waals surface area (Å²) in [6.45, 7) is 1.82. The van der Waals surface area contributed by atoms with E-state index in [1.54, 1.807) is 44.4 Å². The molecule has 8 heteroatoms. The summed E-state index contributed by atoms with van der Waals surface area (Å²) in [4.78, 5) is 18.0. The van der Waals surface area contributed by atoms with Gasteiger partial charge >= 0.3 is 0 Å². The lowest BCUT2D eigenvalue weighted by atomic mass is 10.1. The van der Waals surface area contributed by atoms with Gasteiger partial charge in [0.1, 0.15) is 11.4 Å². The third-order valence-electron chi connectivity index (χ3n) is 4.14. The zero-order chi connectivity index (χ0) is 21.0. The van der Waals surface area contributed by atoms with E-state index in [0.29, 0.717) is 22.5 Å². The molecule has 0 radical (unpaired) electrons. The minimum Gasteiger partial charge on any atom is -0.508 e. The standard InChI is InChI=1S/C21H21N5O3/c1-13(14-7-9-15(10-8-14)21(28)26(2)3)23-18(12-22)20-25-24-19(29-20)16-5-4-6-17(27)11-16/h4-12,27H,22H2,1-3H3/b18-12-,23-13?. The third-order valence-corrected chi connectivity index (χ3v) is 4.14. The molecule has 3 aromatic rings. The van der Waals surface area contributed by atoms with Gasteiger partial charge in [0.05, 0.1) is 0 Å². The smallest absolute Gasteiger partial charge is 0.268 e. The number of hydrogen-bond donors (Lipinski definition) is 2. The van der Waals surface area contributed by atoms with Crippen LogP contribution in [0.25, 0.3) is 17.2 Å². The van der Waals surface area contributed by atoms with Gasteiger partial charge in [0.25, 0.3) is 11.8 Å². The second-order valence-corrected chi connectivity index (χ2v) is 6.49. The number of aromatic nitrogens is 2. The number of aromatic hydroxyl groups is 1. The Morgan fingerprint density at radius 1 is 1.14 bits per heavy atom. The van der Waals surface area contributed by atoms with E-state index < -0.39 is 0 Å². The van der Waals surface area contributed by atoms with E-state index in [-0.39, 0.29) is 23.4 Å². The Morgan fingerprint density at radius 2 is 1.83 bits per heavy atom. The molecular formula is C21H21N5O3. The summed E-state index contributed by atoms with van der Waals surface area (Å²) < 4.78 is 5.65. The van der Waals surface area contributed by atoms with Crippen molar-refractivity contribution in [2.24, 2.45) is 10.7 Å². The molecule has 0 aliphatic rings. The molecule has 2 aromatic carbocycles. The van der Waals surface area contributed by atoms with Crippen molar-refractivity contribution in [3.63, 3.8) is 0 Å². The van der Waals surface area contributed by atoms with Gasteiger partial charge in [-0.3, -0.25) is 4.79 Å². The average Bonchev–Trinajstić information content (AvgIpc) is 3.21. The molecule has 0 unspecified atom stereocenters.